The smallest absolute Gasteiger partial charge is 0.253 e. The predicted octanol–water partition coefficient (Wildman–Crippen LogP) is 3.87. The van der Waals surface area contributed by atoms with E-state index in [1.807, 2.05) is 13.0 Å². The number of benzene rings is 1. The summed E-state index contributed by atoms with van der Waals surface area (Å²) in [5.74, 6) is 1.02. The van der Waals surface area contributed by atoms with E-state index in [2.05, 4.69) is 21.2 Å². The van der Waals surface area contributed by atoms with Gasteiger partial charge in [0.25, 0.3) is 5.91 Å². The van der Waals surface area contributed by atoms with Crippen molar-refractivity contribution in [3.63, 3.8) is 0 Å². The molecule has 1 unspecified atom stereocenters. The second kappa shape index (κ2) is 8.37. The van der Waals surface area contributed by atoms with E-state index in [1.54, 1.807) is 32.9 Å². The molecule has 0 saturated heterocycles. The highest BCUT2D eigenvalue weighted by Gasteiger charge is 2.24. The standard InChI is InChI=1S/C18H23BrN2O4S/c1-5-21(6-2)26(23,24)14-8-9-16(19)15(11-14)18(22)20-13(4)17-10-7-12(3)25-17/h7-11,13H,5-6H2,1-4H3,(H,20,22). The van der Waals surface area contributed by atoms with Crippen molar-refractivity contribution in [3.05, 3.63) is 51.9 Å². The minimum Gasteiger partial charge on any atom is -0.464 e. The van der Waals surface area contributed by atoms with Crippen LogP contribution in [0.5, 0.6) is 0 Å². The lowest BCUT2D eigenvalue weighted by molar-refractivity contribution is 0.0934. The molecule has 142 valence electrons. The van der Waals surface area contributed by atoms with E-state index < -0.39 is 10.0 Å². The predicted molar refractivity (Wildman–Crippen MR) is 104 cm³/mol. The van der Waals surface area contributed by atoms with E-state index in [-0.39, 0.29) is 22.4 Å². The number of furan rings is 1. The fourth-order valence-electron chi connectivity index (χ4n) is 2.58. The summed E-state index contributed by atoms with van der Waals surface area (Å²) in [5, 5.41) is 2.83. The average molecular weight is 443 g/mol. The Morgan fingerprint density at radius 3 is 2.42 bits per heavy atom. The zero-order chi connectivity index (χ0) is 19.5. The number of carbonyl (C=O) groups excluding carboxylic acids is 1. The molecule has 0 spiro atoms. The number of nitrogens with one attached hydrogen (secondary N) is 1. The largest absolute Gasteiger partial charge is 0.464 e. The van der Waals surface area contributed by atoms with Crippen LogP contribution in [0.2, 0.25) is 0 Å². The molecule has 0 aliphatic rings. The van der Waals surface area contributed by atoms with Gasteiger partial charge in [-0.15, -0.1) is 0 Å². The number of aryl methyl sites for hydroxylation is 1. The van der Waals surface area contributed by atoms with Crippen LogP contribution in [0.1, 0.15) is 48.7 Å². The Bertz CT molecular complexity index is 888. The number of nitrogens with zero attached hydrogens (tertiary/aromatic N) is 1. The Morgan fingerprint density at radius 1 is 1.23 bits per heavy atom. The summed E-state index contributed by atoms with van der Waals surface area (Å²) in [7, 11) is -3.64. The highest BCUT2D eigenvalue weighted by Crippen LogP contribution is 2.24. The lowest BCUT2D eigenvalue weighted by atomic mass is 10.2. The van der Waals surface area contributed by atoms with Crippen LogP contribution in [0.3, 0.4) is 0 Å². The Morgan fingerprint density at radius 2 is 1.88 bits per heavy atom. The molecule has 0 radical (unpaired) electrons. The fourth-order valence-corrected chi connectivity index (χ4v) is 4.49. The molecule has 0 bridgehead atoms. The molecule has 6 nitrogen and oxygen atoms in total. The van der Waals surface area contributed by atoms with Crippen molar-refractivity contribution in [2.24, 2.45) is 0 Å². The summed E-state index contributed by atoms with van der Waals surface area (Å²) in [5.41, 5.74) is 0.258. The fraction of sp³-hybridized carbons (Fsp3) is 0.389. The third kappa shape index (κ3) is 4.36. The third-order valence-corrected chi connectivity index (χ3v) is 6.80. The van der Waals surface area contributed by atoms with E-state index in [0.717, 1.165) is 5.76 Å². The van der Waals surface area contributed by atoms with Crippen molar-refractivity contribution in [2.45, 2.75) is 38.6 Å². The second-order valence-electron chi connectivity index (χ2n) is 5.87. The molecule has 1 aromatic heterocycles. The van der Waals surface area contributed by atoms with Gasteiger partial charge in [0.15, 0.2) is 0 Å². The summed E-state index contributed by atoms with van der Waals surface area (Å²) in [6.07, 6.45) is 0. The normalized spacial score (nSPS) is 13.0. The first kappa shape index (κ1) is 20.7. The van der Waals surface area contributed by atoms with Crippen molar-refractivity contribution < 1.29 is 17.6 Å². The minimum atomic E-state index is -3.64. The zero-order valence-corrected chi connectivity index (χ0v) is 17.6. The molecule has 2 rings (SSSR count). The summed E-state index contributed by atoms with van der Waals surface area (Å²) in [6.45, 7) is 7.93. The van der Waals surface area contributed by atoms with Gasteiger partial charge < -0.3 is 9.73 Å². The van der Waals surface area contributed by atoms with Gasteiger partial charge in [-0.1, -0.05) is 13.8 Å². The van der Waals surface area contributed by atoms with Crippen LogP contribution in [0, 0.1) is 6.92 Å². The average Bonchev–Trinajstić information content (AvgIpc) is 3.02. The van der Waals surface area contributed by atoms with Gasteiger partial charge in [-0.2, -0.15) is 4.31 Å². The first-order valence-electron chi connectivity index (χ1n) is 8.37. The van der Waals surface area contributed by atoms with E-state index in [4.69, 9.17) is 4.42 Å². The summed E-state index contributed by atoms with van der Waals surface area (Å²) >= 11 is 3.33. The summed E-state index contributed by atoms with van der Waals surface area (Å²) in [6, 6.07) is 7.75. The molecule has 1 N–H and O–H groups in total. The SMILES string of the molecule is CCN(CC)S(=O)(=O)c1ccc(Br)c(C(=O)NC(C)c2ccc(C)o2)c1. The van der Waals surface area contributed by atoms with Gasteiger partial charge in [0.1, 0.15) is 11.5 Å². The summed E-state index contributed by atoms with van der Waals surface area (Å²) in [4.78, 5) is 12.7. The van der Waals surface area contributed by atoms with Gasteiger partial charge in [0.2, 0.25) is 10.0 Å². The maximum atomic E-state index is 12.7. The van der Waals surface area contributed by atoms with Crippen LogP contribution in [-0.2, 0) is 10.0 Å². The van der Waals surface area contributed by atoms with Gasteiger partial charge in [-0.05, 0) is 60.1 Å². The quantitative estimate of drug-likeness (QED) is 0.705. The maximum Gasteiger partial charge on any atom is 0.253 e. The van der Waals surface area contributed by atoms with Crippen molar-refractivity contribution in [3.8, 4) is 0 Å². The van der Waals surface area contributed by atoms with Gasteiger partial charge in [-0.3, -0.25) is 4.79 Å². The lowest BCUT2D eigenvalue weighted by Crippen LogP contribution is -2.31. The molecule has 1 aromatic carbocycles. The molecule has 0 aliphatic heterocycles. The lowest BCUT2D eigenvalue weighted by Gasteiger charge is -2.19. The topological polar surface area (TPSA) is 79.6 Å². The van der Waals surface area contributed by atoms with Crippen molar-refractivity contribution >= 4 is 31.9 Å². The number of hydrogen-bond acceptors (Lipinski definition) is 4. The Kier molecular flexibility index (Phi) is 6.65. The molecule has 26 heavy (non-hydrogen) atoms. The van der Waals surface area contributed by atoms with Gasteiger partial charge in [0.05, 0.1) is 16.5 Å². The minimum absolute atomic E-state index is 0.0936. The zero-order valence-electron chi connectivity index (χ0n) is 15.2. The number of amides is 1. The molecule has 2 aromatic rings. The molecule has 1 atom stereocenters. The van der Waals surface area contributed by atoms with Crippen LogP contribution in [-0.4, -0.2) is 31.7 Å². The van der Waals surface area contributed by atoms with Crippen molar-refractivity contribution in [2.75, 3.05) is 13.1 Å². The van der Waals surface area contributed by atoms with Crippen LogP contribution in [0.15, 0.2) is 44.1 Å². The number of halogens is 1. The molecule has 0 saturated carbocycles. The Labute approximate surface area is 162 Å². The second-order valence-corrected chi connectivity index (χ2v) is 8.67. The van der Waals surface area contributed by atoms with Crippen LogP contribution >= 0.6 is 15.9 Å². The molecular weight excluding hydrogens is 420 g/mol. The van der Waals surface area contributed by atoms with Crippen LogP contribution < -0.4 is 5.32 Å². The maximum absolute atomic E-state index is 12.7. The first-order chi connectivity index (χ1) is 12.2. The molecule has 1 amide bonds. The van der Waals surface area contributed by atoms with Crippen LogP contribution in [0.4, 0.5) is 0 Å². The summed E-state index contributed by atoms with van der Waals surface area (Å²) < 4.78 is 32.8. The Balaban J connectivity index is 2.30. The molecule has 0 fully saturated rings. The highest BCUT2D eigenvalue weighted by atomic mass is 79.9. The van der Waals surface area contributed by atoms with Gasteiger partial charge in [0, 0.05) is 17.6 Å². The van der Waals surface area contributed by atoms with E-state index in [9.17, 15) is 13.2 Å². The van der Waals surface area contributed by atoms with Gasteiger partial charge >= 0.3 is 0 Å². The molecule has 1 heterocycles. The van der Waals surface area contributed by atoms with Gasteiger partial charge in [-0.25, -0.2) is 8.42 Å². The molecule has 8 heteroatoms. The highest BCUT2D eigenvalue weighted by molar-refractivity contribution is 9.10. The van der Waals surface area contributed by atoms with E-state index >= 15 is 0 Å². The van der Waals surface area contributed by atoms with Crippen molar-refractivity contribution in [1.82, 2.24) is 9.62 Å². The van der Waals surface area contributed by atoms with E-state index in [1.165, 1.54) is 16.4 Å². The van der Waals surface area contributed by atoms with Crippen molar-refractivity contribution in [1.29, 1.82) is 0 Å². The monoisotopic (exact) mass is 442 g/mol. The van der Waals surface area contributed by atoms with E-state index in [0.29, 0.717) is 23.3 Å². The number of carbonyl (C=O) groups is 1. The van der Waals surface area contributed by atoms with Crippen LogP contribution in [0.25, 0.3) is 0 Å². The first-order valence-corrected chi connectivity index (χ1v) is 10.6. The number of sulfonamides is 1. The Hall–Kier alpha value is -1.64. The number of hydrogen-bond donors (Lipinski definition) is 1. The molecular formula is C18H23BrN2O4S. The third-order valence-electron chi connectivity index (χ3n) is 4.06. The number of rotatable bonds is 7. The molecule has 0 aliphatic carbocycles.